The van der Waals surface area contributed by atoms with E-state index in [9.17, 15) is 9.59 Å². The van der Waals surface area contributed by atoms with E-state index < -0.39 is 18.0 Å². The molecule has 3 N–H and O–H groups in total. The van der Waals surface area contributed by atoms with Gasteiger partial charge in [0.15, 0.2) is 0 Å². The van der Waals surface area contributed by atoms with Crippen molar-refractivity contribution in [1.29, 1.82) is 0 Å². The molecular weight excluding hydrogens is 210 g/mol. The second kappa shape index (κ2) is 7.87. The van der Waals surface area contributed by atoms with E-state index in [-0.39, 0.29) is 12.5 Å². The van der Waals surface area contributed by atoms with Crippen LogP contribution in [0.3, 0.4) is 0 Å². The average molecular weight is 229 g/mol. The summed E-state index contributed by atoms with van der Waals surface area (Å²) in [6.07, 6.45) is 3.65. The molecular formula is C11H19NO4. The van der Waals surface area contributed by atoms with Crippen molar-refractivity contribution in [2.45, 2.75) is 32.7 Å². The van der Waals surface area contributed by atoms with Gasteiger partial charge in [-0.2, -0.15) is 0 Å². The molecule has 0 aromatic heterocycles. The molecule has 0 rings (SSSR count). The van der Waals surface area contributed by atoms with Gasteiger partial charge >= 0.3 is 11.9 Å². The van der Waals surface area contributed by atoms with Crippen LogP contribution in [0.5, 0.6) is 0 Å². The highest BCUT2D eigenvalue weighted by Crippen LogP contribution is 2.06. The number of hydrogen-bond donors (Lipinski definition) is 2. The predicted molar refractivity (Wildman–Crippen MR) is 59.8 cm³/mol. The van der Waals surface area contributed by atoms with Gasteiger partial charge in [-0.3, -0.25) is 4.79 Å². The number of nitrogens with two attached hydrogens (primary N) is 1. The number of carboxylic acid groups (broad SMARTS) is 1. The molecule has 0 heterocycles. The Labute approximate surface area is 95.3 Å². The first-order chi connectivity index (χ1) is 7.49. The van der Waals surface area contributed by atoms with E-state index in [1.54, 1.807) is 0 Å². The van der Waals surface area contributed by atoms with Crippen molar-refractivity contribution in [3.05, 3.63) is 12.2 Å². The van der Waals surface area contributed by atoms with E-state index in [2.05, 4.69) is 0 Å². The van der Waals surface area contributed by atoms with Gasteiger partial charge in [-0.05, 0) is 5.92 Å². The van der Waals surface area contributed by atoms with Crippen molar-refractivity contribution >= 4 is 11.9 Å². The van der Waals surface area contributed by atoms with E-state index in [1.807, 2.05) is 13.8 Å². The Morgan fingerprint density at radius 3 is 2.62 bits per heavy atom. The van der Waals surface area contributed by atoms with Crippen LogP contribution in [0.4, 0.5) is 0 Å². The maximum absolute atomic E-state index is 11.4. The van der Waals surface area contributed by atoms with Gasteiger partial charge in [0.25, 0.3) is 0 Å². The summed E-state index contributed by atoms with van der Waals surface area (Å²) in [5.74, 6) is -1.36. The number of carbonyl (C=O) groups is 2. The van der Waals surface area contributed by atoms with Crippen LogP contribution in [-0.2, 0) is 14.3 Å². The van der Waals surface area contributed by atoms with E-state index >= 15 is 0 Å². The fraction of sp³-hybridized carbons (Fsp3) is 0.636. The largest absolute Gasteiger partial charge is 0.478 e. The molecule has 0 aliphatic heterocycles. The molecule has 2 atom stereocenters. The van der Waals surface area contributed by atoms with Crippen LogP contribution < -0.4 is 5.73 Å². The molecule has 0 spiro atoms. The van der Waals surface area contributed by atoms with Crippen LogP contribution >= 0.6 is 0 Å². The fourth-order valence-corrected chi connectivity index (χ4v) is 0.994. The molecule has 0 saturated heterocycles. The highest BCUT2D eigenvalue weighted by Gasteiger charge is 2.20. The zero-order valence-corrected chi connectivity index (χ0v) is 9.68. The molecule has 0 fully saturated rings. The third-order valence-corrected chi connectivity index (χ3v) is 2.32. The molecule has 0 aromatic carbocycles. The Kier molecular flexibility index (Phi) is 7.20. The topological polar surface area (TPSA) is 89.6 Å². The van der Waals surface area contributed by atoms with Crippen molar-refractivity contribution in [3.63, 3.8) is 0 Å². The number of ether oxygens (including phenoxy) is 1. The lowest BCUT2D eigenvalue weighted by Crippen LogP contribution is -2.38. The smallest absolute Gasteiger partial charge is 0.327 e. The maximum atomic E-state index is 11.4. The van der Waals surface area contributed by atoms with Crippen LogP contribution in [0.2, 0.25) is 0 Å². The van der Waals surface area contributed by atoms with Gasteiger partial charge in [0.1, 0.15) is 6.04 Å². The Morgan fingerprint density at radius 2 is 2.12 bits per heavy atom. The van der Waals surface area contributed by atoms with Crippen molar-refractivity contribution in [3.8, 4) is 0 Å². The standard InChI is InChI=1S/C11H19NO4/c1-3-8(2)10(12)11(15)16-7-5-4-6-9(13)14/h4,6,8,10H,3,5,7,12H2,1-2H3,(H,13,14)/b6-4-/t8-,10-/m0/s1. The van der Waals surface area contributed by atoms with Gasteiger partial charge in [-0.15, -0.1) is 0 Å². The Bertz CT molecular complexity index is 263. The zero-order chi connectivity index (χ0) is 12.6. The first-order valence-electron chi connectivity index (χ1n) is 5.30. The summed E-state index contributed by atoms with van der Waals surface area (Å²) in [7, 11) is 0. The number of carboxylic acids is 1. The number of aliphatic carboxylic acids is 1. The Hall–Kier alpha value is -1.36. The number of carbonyl (C=O) groups excluding carboxylic acids is 1. The van der Waals surface area contributed by atoms with E-state index in [1.165, 1.54) is 6.08 Å². The van der Waals surface area contributed by atoms with Crippen LogP contribution in [-0.4, -0.2) is 29.7 Å². The molecule has 5 heteroatoms. The van der Waals surface area contributed by atoms with E-state index in [0.29, 0.717) is 6.42 Å². The first-order valence-corrected chi connectivity index (χ1v) is 5.30. The summed E-state index contributed by atoms with van der Waals surface area (Å²) < 4.78 is 4.90. The molecule has 0 amide bonds. The van der Waals surface area contributed by atoms with Crippen molar-refractivity contribution in [2.24, 2.45) is 11.7 Å². The summed E-state index contributed by atoms with van der Waals surface area (Å²) >= 11 is 0. The van der Waals surface area contributed by atoms with Gasteiger partial charge in [0, 0.05) is 12.5 Å². The van der Waals surface area contributed by atoms with Gasteiger partial charge in [-0.1, -0.05) is 26.3 Å². The fourth-order valence-electron chi connectivity index (χ4n) is 0.994. The van der Waals surface area contributed by atoms with Crippen molar-refractivity contribution in [1.82, 2.24) is 0 Å². The lowest BCUT2D eigenvalue weighted by atomic mass is 10.0. The SMILES string of the molecule is CC[C@H](C)[C@H](N)C(=O)OCC/C=C\C(=O)O. The predicted octanol–water partition coefficient (Wildman–Crippen LogP) is 0.934. The molecule has 16 heavy (non-hydrogen) atoms. The van der Waals surface area contributed by atoms with E-state index in [4.69, 9.17) is 15.6 Å². The zero-order valence-electron chi connectivity index (χ0n) is 9.68. The molecule has 0 aliphatic rings. The minimum Gasteiger partial charge on any atom is -0.478 e. The molecule has 5 nitrogen and oxygen atoms in total. The Morgan fingerprint density at radius 1 is 1.50 bits per heavy atom. The summed E-state index contributed by atoms with van der Waals surface area (Å²) in [6, 6.07) is -0.603. The highest BCUT2D eigenvalue weighted by molar-refractivity contribution is 5.79. The van der Waals surface area contributed by atoms with Gasteiger partial charge in [0.2, 0.25) is 0 Å². The minimum atomic E-state index is -1.01. The van der Waals surface area contributed by atoms with Gasteiger partial charge in [-0.25, -0.2) is 4.79 Å². The molecule has 0 aromatic rings. The lowest BCUT2D eigenvalue weighted by molar-refractivity contribution is -0.146. The normalized spacial score (nSPS) is 14.7. The van der Waals surface area contributed by atoms with E-state index in [0.717, 1.165) is 12.5 Å². The van der Waals surface area contributed by atoms with Gasteiger partial charge in [0.05, 0.1) is 6.61 Å². The quantitative estimate of drug-likeness (QED) is 0.385. The second-order valence-corrected chi connectivity index (χ2v) is 3.61. The second-order valence-electron chi connectivity index (χ2n) is 3.61. The summed E-state index contributed by atoms with van der Waals surface area (Å²) in [5.41, 5.74) is 5.65. The lowest BCUT2D eigenvalue weighted by Gasteiger charge is -2.16. The minimum absolute atomic E-state index is 0.0852. The monoisotopic (exact) mass is 229 g/mol. The molecule has 92 valence electrons. The van der Waals surface area contributed by atoms with Crippen LogP contribution in [0, 0.1) is 5.92 Å². The van der Waals surface area contributed by atoms with Crippen molar-refractivity contribution in [2.75, 3.05) is 6.61 Å². The number of hydrogen-bond acceptors (Lipinski definition) is 4. The maximum Gasteiger partial charge on any atom is 0.327 e. The van der Waals surface area contributed by atoms with Crippen LogP contribution in [0.25, 0.3) is 0 Å². The number of esters is 1. The third-order valence-electron chi connectivity index (χ3n) is 2.32. The first kappa shape index (κ1) is 14.6. The summed E-state index contributed by atoms with van der Waals surface area (Å²) in [5, 5.41) is 8.30. The Balaban J connectivity index is 3.77. The average Bonchev–Trinajstić information content (AvgIpc) is 2.25. The highest BCUT2D eigenvalue weighted by atomic mass is 16.5. The molecule has 0 unspecified atom stereocenters. The summed E-state index contributed by atoms with van der Waals surface area (Å²) in [4.78, 5) is 21.5. The summed E-state index contributed by atoms with van der Waals surface area (Å²) in [6.45, 7) is 4.00. The molecule has 0 aliphatic carbocycles. The number of rotatable bonds is 7. The van der Waals surface area contributed by atoms with Crippen molar-refractivity contribution < 1.29 is 19.4 Å². The van der Waals surface area contributed by atoms with Gasteiger partial charge < -0.3 is 15.6 Å². The molecule has 0 bridgehead atoms. The molecule has 0 saturated carbocycles. The molecule has 0 radical (unpaired) electrons. The van der Waals surface area contributed by atoms with Crippen LogP contribution in [0.15, 0.2) is 12.2 Å². The third kappa shape index (κ3) is 6.19. The van der Waals surface area contributed by atoms with Crippen LogP contribution in [0.1, 0.15) is 26.7 Å².